The summed E-state index contributed by atoms with van der Waals surface area (Å²) in [5.41, 5.74) is 2.89. The molecule has 3 aromatic heterocycles. The molecule has 34 heavy (non-hydrogen) atoms. The van der Waals surface area contributed by atoms with Crippen LogP contribution in [0.25, 0.3) is 10.2 Å². The van der Waals surface area contributed by atoms with E-state index in [1.807, 2.05) is 19.1 Å². The molecular formula is C24H30N6O3S. The Morgan fingerprint density at radius 2 is 2.21 bits per heavy atom. The summed E-state index contributed by atoms with van der Waals surface area (Å²) < 4.78 is 5.75. The van der Waals surface area contributed by atoms with Crippen molar-refractivity contribution in [1.82, 2.24) is 20.6 Å². The zero-order chi connectivity index (χ0) is 23.8. The molecule has 180 valence electrons. The number of amides is 2. The zero-order valence-corrected chi connectivity index (χ0v) is 20.4. The van der Waals surface area contributed by atoms with Gasteiger partial charge < -0.3 is 20.5 Å². The summed E-state index contributed by atoms with van der Waals surface area (Å²) in [6, 6.07) is 3.56. The van der Waals surface area contributed by atoms with E-state index in [0.29, 0.717) is 34.7 Å². The maximum absolute atomic E-state index is 13.3. The van der Waals surface area contributed by atoms with Gasteiger partial charge in [-0.05, 0) is 43.9 Å². The fourth-order valence-electron chi connectivity index (χ4n) is 4.42. The molecule has 2 amide bonds. The van der Waals surface area contributed by atoms with Crippen molar-refractivity contribution in [3.63, 3.8) is 0 Å². The number of ether oxygens (including phenoxy) is 1. The Bertz CT molecular complexity index is 1210. The number of aliphatic hydroxyl groups excluding tert-OH is 1. The molecule has 0 bridgehead atoms. The first-order valence-corrected chi connectivity index (χ1v) is 12.5. The third-order valence-corrected chi connectivity index (χ3v) is 7.23. The first-order valence-electron chi connectivity index (χ1n) is 11.7. The van der Waals surface area contributed by atoms with E-state index in [0.717, 1.165) is 47.4 Å². The summed E-state index contributed by atoms with van der Waals surface area (Å²) in [5.74, 6) is 0.933. The molecule has 3 aromatic rings. The minimum atomic E-state index is -0.889. The minimum absolute atomic E-state index is 0.175. The second-order valence-electron chi connectivity index (χ2n) is 9.24. The molecule has 1 unspecified atom stereocenters. The van der Waals surface area contributed by atoms with Gasteiger partial charge in [0.2, 0.25) is 5.88 Å². The van der Waals surface area contributed by atoms with Crippen LogP contribution in [0, 0.1) is 12.8 Å². The normalized spacial score (nSPS) is 18.9. The lowest BCUT2D eigenvalue weighted by Gasteiger charge is -2.30. The Hall–Kier alpha value is -2.79. The molecule has 2 aliphatic rings. The van der Waals surface area contributed by atoms with Crippen molar-refractivity contribution in [3.8, 4) is 5.88 Å². The monoisotopic (exact) mass is 482 g/mol. The number of nitrogens with zero attached hydrogens (tertiary/aromatic N) is 3. The van der Waals surface area contributed by atoms with Crippen LogP contribution in [0.5, 0.6) is 5.88 Å². The third kappa shape index (κ3) is 4.34. The van der Waals surface area contributed by atoms with Crippen LogP contribution >= 0.6 is 11.3 Å². The molecule has 2 aliphatic heterocycles. The summed E-state index contributed by atoms with van der Waals surface area (Å²) in [5, 5.41) is 21.5. The number of nitrogens with one attached hydrogen (secondary N) is 3. The lowest BCUT2D eigenvalue weighted by atomic mass is 10.1. The van der Waals surface area contributed by atoms with Crippen molar-refractivity contribution < 1.29 is 14.6 Å². The number of aryl methyl sites for hydroxylation is 1. The molecule has 0 saturated carbocycles. The largest absolute Gasteiger partial charge is 0.477 e. The summed E-state index contributed by atoms with van der Waals surface area (Å²) in [6.45, 7) is 8.49. The number of urea groups is 1. The predicted octanol–water partition coefficient (Wildman–Crippen LogP) is 4.05. The molecule has 1 saturated heterocycles. The second-order valence-corrected chi connectivity index (χ2v) is 10.3. The van der Waals surface area contributed by atoms with E-state index in [9.17, 15) is 9.90 Å². The van der Waals surface area contributed by atoms with Crippen LogP contribution in [0.15, 0.2) is 24.5 Å². The van der Waals surface area contributed by atoms with Crippen LogP contribution in [0.4, 0.5) is 21.9 Å². The Morgan fingerprint density at radius 1 is 1.35 bits per heavy atom. The number of aromatic nitrogens is 2. The van der Waals surface area contributed by atoms with Gasteiger partial charge >= 0.3 is 6.03 Å². The summed E-state index contributed by atoms with van der Waals surface area (Å²) in [7, 11) is 0. The average Bonchev–Trinajstić information content (AvgIpc) is 3.19. The van der Waals surface area contributed by atoms with Crippen molar-refractivity contribution >= 4 is 44.6 Å². The predicted molar refractivity (Wildman–Crippen MR) is 134 cm³/mol. The minimum Gasteiger partial charge on any atom is -0.477 e. The summed E-state index contributed by atoms with van der Waals surface area (Å²) in [4.78, 5) is 25.3. The molecule has 5 rings (SSSR count). The molecule has 1 fully saturated rings. The van der Waals surface area contributed by atoms with E-state index in [1.54, 1.807) is 17.3 Å². The highest BCUT2D eigenvalue weighted by atomic mass is 32.1. The topological polar surface area (TPSA) is 112 Å². The van der Waals surface area contributed by atoms with Gasteiger partial charge in [0.25, 0.3) is 0 Å². The first kappa shape index (κ1) is 23.0. The molecule has 0 aliphatic carbocycles. The van der Waals surface area contributed by atoms with Crippen LogP contribution < -0.4 is 25.6 Å². The van der Waals surface area contributed by atoms with Gasteiger partial charge in [-0.25, -0.2) is 14.8 Å². The highest BCUT2D eigenvalue weighted by Gasteiger charge is 2.34. The molecule has 0 spiro atoms. The van der Waals surface area contributed by atoms with Gasteiger partial charge in [0.15, 0.2) is 0 Å². The number of hydrogen-bond donors (Lipinski definition) is 4. The van der Waals surface area contributed by atoms with Crippen molar-refractivity contribution in [3.05, 3.63) is 35.0 Å². The molecule has 4 N–H and O–H groups in total. The number of anilines is 3. The van der Waals surface area contributed by atoms with E-state index < -0.39 is 6.23 Å². The Morgan fingerprint density at radius 3 is 2.94 bits per heavy atom. The smallest absolute Gasteiger partial charge is 0.331 e. The zero-order valence-electron chi connectivity index (χ0n) is 19.6. The van der Waals surface area contributed by atoms with Gasteiger partial charge in [0, 0.05) is 24.8 Å². The van der Waals surface area contributed by atoms with Gasteiger partial charge in [0.1, 0.15) is 11.1 Å². The standard InChI is InChI=1S/C24H30N6O3S/c1-13(2)12-33-18-9-14(3)17(11-27-18)30-16-6-8-26-23-19(16)20(29-24(30)32)21(34-23)22(31)28-15-5-4-7-25-10-15/h6,8-9,11,13,15,22,25,28,31H,4-5,7,10,12H2,1-3H3,(H,29,32)/t15-,22?/m1/s1. The number of hydrogen-bond acceptors (Lipinski definition) is 8. The summed E-state index contributed by atoms with van der Waals surface area (Å²) >= 11 is 1.39. The number of pyridine rings is 2. The van der Waals surface area contributed by atoms with E-state index in [-0.39, 0.29) is 12.1 Å². The molecule has 2 atom stereocenters. The second kappa shape index (κ2) is 9.46. The van der Waals surface area contributed by atoms with Crippen LogP contribution in [-0.4, -0.2) is 46.8 Å². The maximum Gasteiger partial charge on any atom is 0.331 e. The van der Waals surface area contributed by atoms with Gasteiger partial charge in [0.05, 0.1) is 40.1 Å². The lowest BCUT2D eigenvalue weighted by molar-refractivity contribution is 0.120. The SMILES string of the molecule is Cc1cc(OCC(C)C)ncc1N1C(=O)Nc2c(C(O)N[C@@H]3CCCNC3)sc3nccc1c23. The van der Waals surface area contributed by atoms with Gasteiger partial charge in [-0.15, -0.1) is 11.3 Å². The summed E-state index contributed by atoms with van der Waals surface area (Å²) in [6.07, 6.45) is 4.54. The van der Waals surface area contributed by atoms with Crippen LogP contribution in [-0.2, 0) is 0 Å². The van der Waals surface area contributed by atoms with Crippen molar-refractivity contribution in [1.29, 1.82) is 0 Å². The number of thiophene rings is 1. The van der Waals surface area contributed by atoms with Crippen molar-refractivity contribution in [2.45, 2.75) is 45.9 Å². The number of carbonyl (C=O) groups excluding carboxylic acids is 1. The van der Waals surface area contributed by atoms with Crippen LogP contribution in [0.2, 0.25) is 0 Å². The van der Waals surface area contributed by atoms with E-state index in [4.69, 9.17) is 4.74 Å². The molecule has 0 radical (unpaired) electrons. The Labute approximate surface area is 202 Å². The molecular weight excluding hydrogens is 452 g/mol. The third-order valence-electron chi connectivity index (χ3n) is 6.08. The Kier molecular flexibility index (Phi) is 6.39. The maximum atomic E-state index is 13.3. The first-order chi connectivity index (χ1) is 16.4. The Balaban J connectivity index is 1.49. The number of carbonyl (C=O) groups is 1. The van der Waals surface area contributed by atoms with Gasteiger partial charge in [-0.2, -0.15) is 0 Å². The fourth-order valence-corrected chi connectivity index (χ4v) is 5.48. The van der Waals surface area contributed by atoms with Gasteiger partial charge in [-0.1, -0.05) is 13.8 Å². The molecule has 0 aromatic carbocycles. The van der Waals surface area contributed by atoms with E-state index in [2.05, 4.69) is 39.8 Å². The fraction of sp³-hybridized carbons (Fsp3) is 0.458. The number of aliphatic hydroxyl groups is 1. The molecule has 10 heteroatoms. The molecule has 9 nitrogen and oxygen atoms in total. The lowest BCUT2D eigenvalue weighted by Crippen LogP contribution is -2.44. The van der Waals surface area contributed by atoms with E-state index in [1.165, 1.54) is 11.3 Å². The van der Waals surface area contributed by atoms with Crippen molar-refractivity contribution in [2.75, 3.05) is 29.9 Å². The molecule has 5 heterocycles. The van der Waals surface area contributed by atoms with Crippen LogP contribution in [0.1, 0.15) is 43.4 Å². The highest BCUT2D eigenvalue weighted by Crippen LogP contribution is 2.47. The highest BCUT2D eigenvalue weighted by molar-refractivity contribution is 7.19. The van der Waals surface area contributed by atoms with Gasteiger partial charge in [-0.3, -0.25) is 10.2 Å². The average molecular weight is 483 g/mol. The quantitative estimate of drug-likeness (QED) is 0.376. The van der Waals surface area contributed by atoms with Crippen LogP contribution in [0.3, 0.4) is 0 Å². The number of piperidine rings is 1. The number of rotatable bonds is 7. The van der Waals surface area contributed by atoms with Crippen molar-refractivity contribution in [2.24, 2.45) is 5.92 Å². The van der Waals surface area contributed by atoms with E-state index >= 15 is 0 Å².